The first-order valence-electron chi connectivity index (χ1n) is 9.93. The van der Waals surface area contributed by atoms with E-state index in [-0.39, 0.29) is 29.6 Å². The molecule has 9 heteroatoms. The van der Waals surface area contributed by atoms with E-state index in [1.165, 1.54) is 35.1 Å². The lowest BCUT2D eigenvalue weighted by Gasteiger charge is -2.15. The number of nitrogens with one attached hydrogen (secondary N) is 1. The van der Waals surface area contributed by atoms with E-state index in [9.17, 15) is 9.59 Å². The van der Waals surface area contributed by atoms with Crippen LogP contribution in [0.4, 0.5) is 5.00 Å². The molecule has 158 valence electrons. The smallest absolute Gasteiger partial charge is 0.341 e. The molecule has 0 aromatic carbocycles. The van der Waals surface area contributed by atoms with Crippen LogP contribution in [-0.2, 0) is 22.4 Å². The van der Waals surface area contributed by atoms with Gasteiger partial charge in [-0.15, -0.1) is 21.5 Å². The van der Waals surface area contributed by atoms with Gasteiger partial charge in [0.1, 0.15) is 10.8 Å². The average Bonchev–Trinajstić information content (AvgIpc) is 3.27. The largest absolute Gasteiger partial charge is 0.465 e. The minimum Gasteiger partial charge on any atom is -0.465 e. The summed E-state index contributed by atoms with van der Waals surface area (Å²) in [5, 5.41) is 12.8. The molecule has 1 N–H and O–H groups in total. The summed E-state index contributed by atoms with van der Waals surface area (Å²) in [7, 11) is 1.38. The Kier molecular flexibility index (Phi) is 7.00. The molecule has 0 bridgehead atoms. The predicted molar refractivity (Wildman–Crippen MR) is 116 cm³/mol. The second-order valence-electron chi connectivity index (χ2n) is 7.70. The maximum absolute atomic E-state index is 12.6. The second kappa shape index (κ2) is 9.30. The number of hydrogen-bond donors (Lipinski definition) is 1. The molecule has 1 amide bonds. The molecule has 0 spiro atoms. The number of nitrogens with zero attached hydrogens (tertiary/aromatic N) is 3. The quantitative estimate of drug-likeness (QED) is 0.510. The number of aryl methyl sites for hydroxylation is 1. The number of aromatic nitrogens is 3. The molecule has 1 aliphatic carbocycles. The van der Waals surface area contributed by atoms with Gasteiger partial charge in [-0.2, -0.15) is 0 Å². The highest BCUT2D eigenvalue weighted by molar-refractivity contribution is 7.99. The zero-order valence-electron chi connectivity index (χ0n) is 17.6. The molecule has 0 unspecified atom stereocenters. The average molecular weight is 437 g/mol. The summed E-state index contributed by atoms with van der Waals surface area (Å²) in [5.74, 6) is 0.832. The van der Waals surface area contributed by atoms with Crippen molar-refractivity contribution >= 4 is 40.0 Å². The van der Waals surface area contributed by atoms with Crippen molar-refractivity contribution in [1.82, 2.24) is 14.8 Å². The van der Waals surface area contributed by atoms with Gasteiger partial charge in [-0.1, -0.05) is 25.6 Å². The molecule has 0 atom stereocenters. The second-order valence-corrected chi connectivity index (χ2v) is 9.75. The molecule has 0 fully saturated rings. The highest BCUT2D eigenvalue weighted by atomic mass is 32.2. The Morgan fingerprint density at radius 2 is 1.93 bits per heavy atom. The number of carbonyl (C=O) groups is 2. The van der Waals surface area contributed by atoms with Crippen LogP contribution < -0.4 is 5.32 Å². The first-order chi connectivity index (χ1) is 13.8. The number of rotatable bonds is 7. The van der Waals surface area contributed by atoms with E-state index in [1.54, 1.807) is 0 Å². The van der Waals surface area contributed by atoms with Gasteiger partial charge in [-0.05, 0) is 45.1 Å². The summed E-state index contributed by atoms with van der Waals surface area (Å²) >= 11 is 2.86. The monoisotopic (exact) mass is 436 g/mol. The van der Waals surface area contributed by atoms with Crippen LogP contribution in [0.2, 0.25) is 0 Å². The third-order valence-electron chi connectivity index (χ3n) is 4.87. The molecule has 0 aliphatic heterocycles. The number of methoxy groups -OCH3 is 1. The summed E-state index contributed by atoms with van der Waals surface area (Å²) in [6, 6.07) is 0.211. The van der Waals surface area contributed by atoms with Gasteiger partial charge in [0.25, 0.3) is 0 Å². The van der Waals surface area contributed by atoms with Gasteiger partial charge in [-0.25, -0.2) is 4.79 Å². The third kappa shape index (κ3) is 4.66. The summed E-state index contributed by atoms with van der Waals surface area (Å²) in [6.07, 6.45) is 3.97. The highest BCUT2D eigenvalue weighted by Crippen LogP contribution is 2.38. The van der Waals surface area contributed by atoms with Gasteiger partial charge < -0.3 is 14.6 Å². The Morgan fingerprint density at radius 1 is 1.21 bits per heavy atom. The van der Waals surface area contributed by atoms with Crippen LogP contribution in [-0.4, -0.2) is 39.5 Å². The van der Waals surface area contributed by atoms with Crippen molar-refractivity contribution in [2.75, 3.05) is 18.2 Å². The molecule has 7 nitrogen and oxygen atoms in total. The van der Waals surface area contributed by atoms with Crippen LogP contribution in [0.15, 0.2) is 5.16 Å². The molecule has 2 aromatic heterocycles. The minimum atomic E-state index is -0.381. The minimum absolute atomic E-state index is 0.164. The number of thiophene rings is 1. The van der Waals surface area contributed by atoms with Crippen LogP contribution in [0.5, 0.6) is 0 Å². The van der Waals surface area contributed by atoms with E-state index in [4.69, 9.17) is 4.74 Å². The topological polar surface area (TPSA) is 86.1 Å². The number of thioether (sulfide) groups is 1. The Bertz CT molecular complexity index is 902. The summed E-state index contributed by atoms with van der Waals surface area (Å²) < 4.78 is 7.04. The van der Waals surface area contributed by atoms with Crippen molar-refractivity contribution in [2.45, 2.75) is 70.5 Å². The van der Waals surface area contributed by atoms with Crippen molar-refractivity contribution in [1.29, 1.82) is 0 Å². The maximum Gasteiger partial charge on any atom is 0.341 e. The Labute approximate surface area is 179 Å². The predicted octanol–water partition coefficient (Wildman–Crippen LogP) is 4.44. The molecule has 2 aromatic rings. The van der Waals surface area contributed by atoms with Gasteiger partial charge >= 0.3 is 5.97 Å². The number of hydrogen-bond acceptors (Lipinski definition) is 7. The normalized spacial score (nSPS) is 13.6. The highest BCUT2D eigenvalue weighted by Gasteiger charge is 2.27. The SMILES string of the molecule is COC(=O)c1c(NC(=O)CSc2nnc(C(C)C)n2C(C)C)sc2c1CCCC2. The van der Waals surface area contributed by atoms with Crippen molar-refractivity contribution in [3.63, 3.8) is 0 Å². The zero-order chi connectivity index (χ0) is 21.1. The lowest BCUT2D eigenvalue weighted by atomic mass is 9.95. The van der Waals surface area contributed by atoms with E-state index in [1.807, 2.05) is 0 Å². The van der Waals surface area contributed by atoms with Crippen LogP contribution in [0.1, 0.15) is 79.1 Å². The van der Waals surface area contributed by atoms with Crippen LogP contribution >= 0.6 is 23.1 Å². The van der Waals surface area contributed by atoms with Gasteiger partial charge in [0, 0.05) is 16.8 Å². The Morgan fingerprint density at radius 3 is 2.59 bits per heavy atom. The fraction of sp³-hybridized carbons (Fsp3) is 0.600. The van der Waals surface area contributed by atoms with E-state index >= 15 is 0 Å². The number of amides is 1. The molecular weight excluding hydrogens is 408 g/mol. The molecule has 2 heterocycles. The fourth-order valence-electron chi connectivity index (χ4n) is 3.53. The number of esters is 1. The first-order valence-corrected chi connectivity index (χ1v) is 11.7. The van der Waals surface area contributed by atoms with E-state index in [2.05, 4.69) is 47.8 Å². The van der Waals surface area contributed by atoms with Crippen LogP contribution in [0.25, 0.3) is 0 Å². The number of fused-ring (bicyclic) bond motifs is 1. The zero-order valence-corrected chi connectivity index (χ0v) is 19.2. The van der Waals surface area contributed by atoms with Gasteiger partial charge in [0.2, 0.25) is 5.91 Å². The van der Waals surface area contributed by atoms with Gasteiger partial charge in [-0.3, -0.25) is 4.79 Å². The van der Waals surface area contributed by atoms with E-state index in [0.717, 1.165) is 42.2 Å². The number of anilines is 1. The molecular formula is C20H28N4O3S2. The number of carbonyl (C=O) groups excluding carboxylic acids is 2. The Hall–Kier alpha value is -1.87. The van der Waals surface area contributed by atoms with E-state index < -0.39 is 0 Å². The van der Waals surface area contributed by atoms with Gasteiger partial charge in [0.15, 0.2) is 5.16 Å². The van der Waals surface area contributed by atoms with Crippen molar-refractivity contribution < 1.29 is 14.3 Å². The standard InChI is InChI=1S/C20H28N4O3S2/c1-11(2)17-22-23-20(24(17)12(3)4)28-10-15(25)21-18-16(19(26)27-5)13-8-6-7-9-14(13)29-18/h11-12H,6-10H2,1-5H3,(H,21,25). The van der Waals surface area contributed by atoms with Crippen molar-refractivity contribution in [3.8, 4) is 0 Å². The molecule has 0 saturated heterocycles. The fourth-order valence-corrected chi connectivity index (χ4v) is 5.70. The lowest BCUT2D eigenvalue weighted by Crippen LogP contribution is -2.17. The molecule has 29 heavy (non-hydrogen) atoms. The van der Waals surface area contributed by atoms with Crippen molar-refractivity contribution in [3.05, 3.63) is 21.8 Å². The van der Waals surface area contributed by atoms with Crippen LogP contribution in [0, 0.1) is 0 Å². The van der Waals surface area contributed by atoms with Gasteiger partial charge in [0.05, 0.1) is 18.4 Å². The Balaban J connectivity index is 1.74. The molecule has 1 aliphatic rings. The maximum atomic E-state index is 12.6. The summed E-state index contributed by atoms with van der Waals surface area (Å²) in [4.78, 5) is 26.2. The lowest BCUT2D eigenvalue weighted by molar-refractivity contribution is -0.113. The third-order valence-corrected chi connectivity index (χ3v) is 7.02. The van der Waals surface area contributed by atoms with E-state index in [0.29, 0.717) is 10.6 Å². The molecule has 0 saturated carbocycles. The first kappa shape index (κ1) is 21.8. The summed E-state index contributed by atoms with van der Waals surface area (Å²) in [5.41, 5.74) is 1.56. The molecule has 0 radical (unpaired) electrons. The summed E-state index contributed by atoms with van der Waals surface area (Å²) in [6.45, 7) is 8.32. The number of ether oxygens (including phenoxy) is 1. The van der Waals surface area contributed by atoms with Crippen molar-refractivity contribution in [2.24, 2.45) is 0 Å². The molecule has 3 rings (SSSR count). The van der Waals surface area contributed by atoms with Crippen LogP contribution in [0.3, 0.4) is 0 Å².